The van der Waals surface area contributed by atoms with Gasteiger partial charge in [-0.05, 0) is 6.07 Å². The van der Waals surface area contributed by atoms with Crippen molar-refractivity contribution >= 4 is 5.88 Å². The smallest absolute Gasteiger partial charge is 0.191 e. The Bertz CT molecular complexity index is 336. The Morgan fingerprint density at radius 3 is 2.91 bits per heavy atom. The third-order valence-electron chi connectivity index (χ3n) is 1.36. The van der Waals surface area contributed by atoms with Crippen molar-refractivity contribution in [2.45, 2.75) is 0 Å². The highest BCUT2D eigenvalue weighted by molar-refractivity contribution is 5.49. The SMILES string of the molecule is Nc1ccc(-c2ncc[nH]2)o1. The lowest BCUT2D eigenvalue weighted by atomic mass is 10.4. The average Bonchev–Trinajstić information content (AvgIpc) is 2.55. The van der Waals surface area contributed by atoms with Crippen LogP contribution in [0.2, 0.25) is 0 Å². The largest absolute Gasteiger partial charge is 0.438 e. The summed E-state index contributed by atoms with van der Waals surface area (Å²) in [5.41, 5.74) is 5.38. The molecule has 0 saturated heterocycles. The Hall–Kier alpha value is -1.71. The van der Waals surface area contributed by atoms with Crippen molar-refractivity contribution < 1.29 is 4.42 Å². The van der Waals surface area contributed by atoms with Crippen LogP contribution in [0.5, 0.6) is 0 Å². The molecule has 0 amide bonds. The number of nitrogens with zero attached hydrogens (tertiary/aromatic N) is 1. The summed E-state index contributed by atoms with van der Waals surface area (Å²) in [6.07, 6.45) is 3.39. The molecule has 0 bridgehead atoms. The van der Waals surface area contributed by atoms with Crippen LogP contribution in [0.1, 0.15) is 0 Å². The molecule has 4 nitrogen and oxygen atoms in total. The number of H-pyrrole nitrogens is 1. The van der Waals surface area contributed by atoms with E-state index in [0.717, 1.165) is 0 Å². The van der Waals surface area contributed by atoms with Gasteiger partial charge >= 0.3 is 0 Å². The lowest BCUT2D eigenvalue weighted by molar-refractivity contribution is 0.598. The van der Waals surface area contributed by atoms with E-state index in [4.69, 9.17) is 10.2 Å². The molecule has 0 atom stereocenters. The molecular weight excluding hydrogens is 142 g/mol. The van der Waals surface area contributed by atoms with Crippen molar-refractivity contribution in [3.8, 4) is 11.6 Å². The van der Waals surface area contributed by atoms with Crippen LogP contribution in [-0.2, 0) is 0 Å². The van der Waals surface area contributed by atoms with Crippen molar-refractivity contribution in [1.82, 2.24) is 9.97 Å². The van der Waals surface area contributed by atoms with Crippen LogP contribution in [0.25, 0.3) is 11.6 Å². The average molecular weight is 149 g/mol. The first kappa shape index (κ1) is 6.03. The van der Waals surface area contributed by atoms with Crippen LogP contribution in [0.3, 0.4) is 0 Å². The van der Waals surface area contributed by atoms with E-state index in [9.17, 15) is 0 Å². The number of hydrogen-bond acceptors (Lipinski definition) is 3. The van der Waals surface area contributed by atoms with Gasteiger partial charge in [-0.2, -0.15) is 0 Å². The molecule has 2 aromatic heterocycles. The highest BCUT2D eigenvalue weighted by atomic mass is 16.4. The fourth-order valence-corrected chi connectivity index (χ4v) is 0.880. The summed E-state index contributed by atoms with van der Waals surface area (Å²) in [5, 5.41) is 0. The number of nitrogen functional groups attached to an aromatic ring is 1. The molecule has 0 unspecified atom stereocenters. The Morgan fingerprint density at radius 1 is 1.45 bits per heavy atom. The molecule has 0 aromatic carbocycles. The second-order valence-electron chi connectivity index (χ2n) is 2.14. The van der Waals surface area contributed by atoms with Gasteiger partial charge in [0.1, 0.15) is 0 Å². The first-order chi connectivity index (χ1) is 5.36. The van der Waals surface area contributed by atoms with E-state index >= 15 is 0 Å². The molecule has 0 aliphatic rings. The summed E-state index contributed by atoms with van der Waals surface area (Å²) in [5.74, 6) is 1.76. The molecule has 3 N–H and O–H groups in total. The zero-order valence-electron chi connectivity index (χ0n) is 5.74. The molecular formula is C7H7N3O. The molecule has 56 valence electrons. The summed E-state index contributed by atoms with van der Waals surface area (Å²) in [4.78, 5) is 6.90. The van der Waals surface area contributed by atoms with Crippen molar-refractivity contribution in [1.29, 1.82) is 0 Å². The zero-order chi connectivity index (χ0) is 7.68. The first-order valence-corrected chi connectivity index (χ1v) is 3.21. The highest BCUT2D eigenvalue weighted by Crippen LogP contribution is 2.18. The molecule has 2 aromatic rings. The summed E-state index contributed by atoms with van der Waals surface area (Å²) in [6.45, 7) is 0. The lowest BCUT2D eigenvalue weighted by Crippen LogP contribution is -1.77. The number of aromatic nitrogens is 2. The van der Waals surface area contributed by atoms with Crippen LogP contribution in [0.4, 0.5) is 5.88 Å². The maximum atomic E-state index is 5.38. The summed E-state index contributed by atoms with van der Waals surface area (Å²) >= 11 is 0. The second kappa shape index (κ2) is 2.16. The fraction of sp³-hybridized carbons (Fsp3) is 0. The van der Waals surface area contributed by atoms with E-state index in [-0.39, 0.29) is 0 Å². The molecule has 2 heterocycles. The molecule has 0 aliphatic heterocycles. The number of nitrogens with one attached hydrogen (secondary N) is 1. The Labute approximate surface area is 63.1 Å². The Morgan fingerprint density at radius 2 is 2.36 bits per heavy atom. The van der Waals surface area contributed by atoms with Gasteiger partial charge in [-0.1, -0.05) is 0 Å². The van der Waals surface area contributed by atoms with Gasteiger partial charge in [0.25, 0.3) is 0 Å². The minimum atomic E-state index is 0.399. The van der Waals surface area contributed by atoms with Gasteiger partial charge in [0, 0.05) is 18.5 Å². The summed E-state index contributed by atoms with van der Waals surface area (Å²) in [6, 6.07) is 3.46. The van der Waals surface area contributed by atoms with E-state index in [1.54, 1.807) is 24.5 Å². The molecule has 0 aliphatic carbocycles. The monoisotopic (exact) mass is 149 g/mol. The van der Waals surface area contributed by atoms with E-state index in [0.29, 0.717) is 17.5 Å². The highest BCUT2D eigenvalue weighted by Gasteiger charge is 2.02. The normalized spacial score (nSPS) is 10.2. The number of imidazole rings is 1. The minimum Gasteiger partial charge on any atom is -0.438 e. The van der Waals surface area contributed by atoms with Gasteiger partial charge in [-0.15, -0.1) is 0 Å². The van der Waals surface area contributed by atoms with E-state index in [1.807, 2.05) is 0 Å². The predicted molar refractivity (Wildman–Crippen MR) is 40.7 cm³/mol. The topological polar surface area (TPSA) is 67.8 Å². The third-order valence-corrected chi connectivity index (χ3v) is 1.36. The molecule has 11 heavy (non-hydrogen) atoms. The predicted octanol–water partition coefficient (Wildman–Crippen LogP) is 1.25. The fourth-order valence-electron chi connectivity index (χ4n) is 0.880. The third kappa shape index (κ3) is 0.980. The van der Waals surface area contributed by atoms with Crippen molar-refractivity contribution in [2.75, 3.05) is 5.73 Å². The van der Waals surface area contributed by atoms with Gasteiger partial charge in [0.05, 0.1) is 0 Å². The van der Waals surface area contributed by atoms with E-state index in [1.165, 1.54) is 0 Å². The Kier molecular flexibility index (Phi) is 1.18. The zero-order valence-corrected chi connectivity index (χ0v) is 5.74. The number of nitrogens with two attached hydrogens (primary N) is 1. The molecule has 0 saturated carbocycles. The molecule has 4 heteroatoms. The van der Waals surface area contributed by atoms with E-state index in [2.05, 4.69) is 9.97 Å². The van der Waals surface area contributed by atoms with Crippen molar-refractivity contribution in [2.24, 2.45) is 0 Å². The molecule has 0 radical (unpaired) electrons. The number of aromatic amines is 1. The summed E-state index contributed by atoms with van der Waals surface area (Å²) < 4.78 is 5.11. The molecule has 2 rings (SSSR count). The quantitative estimate of drug-likeness (QED) is 0.641. The van der Waals surface area contributed by atoms with Gasteiger partial charge in [0.2, 0.25) is 0 Å². The van der Waals surface area contributed by atoms with Crippen LogP contribution in [0.15, 0.2) is 28.9 Å². The van der Waals surface area contributed by atoms with E-state index < -0.39 is 0 Å². The number of furan rings is 1. The van der Waals surface area contributed by atoms with Crippen molar-refractivity contribution in [3.63, 3.8) is 0 Å². The van der Waals surface area contributed by atoms with Gasteiger partial charge in [0.15, 0.2) is 17.5 Å². The van der Waals surface area contributed by atoms with Gasteiger partial charge in [-0.3, -0.25) is 0 Å². The maximum absolute atomic E-state index is 5.38. The maximum Gasteiger partial charge on any atom is 0.191 e. The number of anilines is 1. The number of hydrogen-bond donors (Lipinski definition) is 2. The van der Waals surface area contributed by atoms with Crippen LogP contribution < -0.4 is 5.73 Å². The molecule has 0 fully saturated rings. The molecule has 0 spiro atoms. The lowest BCUT2D eigenvalue weighted by Gasteiger charge is -1.86. The number of rotatable bonds is 1. The van der Waals surface area contributed by atoms with Gasteiger partial charge in [-0.25, -0.2) is 4.98 Å². The van der Waals surface area contributed by atoms with Crippen LogP contribution in [0, 0.1) is 0 Å². The van der Waals surface area contributed by atoms with Gasteiger partial charge < -0.3 is 15.1 Å². The Balaban J connectivity index is 2.45. The standard InChI is InChI=1S/C7H7N3O/c8-6-2-1-5(11-6)7-9-3-4-10-7/h1-4H,8H2,(H,9,10). The minimum absolute atomic E-state index is 0.399. The van der Waals surface area contributed by atoms with Crippen LogP contribution >= 0.6 is 0 Å². The van der Waals surface area contributed by atoms with Crippen LogP contribution in [-0.4, -0.2) is 9.97 Å². The second-order valence-corrected chi connectivity index (χ2v) is 2.14. The first-order valence-electron chi connectivity index (χ1n) is 3.21. The summed E-state index contributed by atoms with van der Waals surface area (Å²) in [7, 11) is 0. The van der Waals surface area contributed by atoms with Crippen molar-refractivity contribution in [3.05, 3.63) is 24.5 Å².